The largest absolute Gasteiger partial charge is 0.573 e. The fourth-order valence-corrected chi connectivity index (χ4v) is 3.29. The average molecular weight is 489 g/mol. The van der Waals surface area contributed by atoms with Gasteiger partial charge in [-0.25, -0.2) is 4.39 Å². The predicted octanol–water partition coefficient (Wildman–Crippen LogP) is 6.30. The number of alkyl halides is 3. The number of aromatic nitrogens is 2. The minimum absolute atomic E-state index is 0.0404. The summed E-state index contributed by atoms with van der Waals surface area (Å²) in [5.41, 5.74) is 2.09. The van der Waals surface area contributed by atoms with Crippen LogP contribution in [0.1, 0.15) is 42.6 Å². The number of nitrogens with zero attached hydrogens (tertiary/aromatic N) is 2. The van der Waals surface area contributed by atoms with E-state index in [1.54, 1.807) is 19.9 Å². The molecule has 2 heterocycles. The fourth-order valence-electron chi connectivity index (χ4n) is 3.29. The second kappa shape index (κ2) is 10.6. The van der Waals surface area contributed by atoms with Crippen LogP contribution < -0.4 is 10.1 Å². The van der Waals surface area contributed by atoms with Crippen molar-refractivity contribution in [1.82, 2.24) is 9.97 Å². The van der Waals surface area contributed by atoms with Crippen molar-refractivity contribution < 1.29 is 32.2 Å². The number of allylic oxidation sites excluding steroid dienone is 1. The molecular weight excluding hydrogens is 466 g/mol. The monoisotopic (exact) mass is 489 g/mol. The topological polar surface area (TPSA) is 84.3 Å². The molecule has 0 unspecified atom stereocenters. The van der Waals surface area contributed by atoms with Gasteiger partial charge in [-0.2, -0.15) is 0 Å². The van der Waals surface area contributed by atoms with E-state index in [0.29, 0.717) is 22.5 Å². The molecule has 6 nitrogen and oxygen atoms in total. The number of anilines is 2. The number of pyridine rings is 2. The summed E-state index contributed by atoms with van der Waals surface area (Å²) in [4.78, 5) is 20.9. The van der Waals surface area contributed by atoms with Crippen molar-refractivity contribution in [2.75, 3.05) is 5.32 Å². The SMILES string of the molecule is C=C(C)c1cnc(-c2cc(OC(F)(F)F)ccc2F)cc1Nc1ccncc1C(=O)CC[C@H](C)O. The van der Waals surface area contributed by atoms with Crippen LogP contribution in [0, 0.1) is 5.82 Å². The number of carbonyl (C=O) groups excluding carboxylic acids is 1. The van der Waals surface area contributed by atoms with Crippen molar-refractivity contribution in [2.24, 2.45) is 0 Å². The fraction of sp³-hybridized carbons (Fsp3) is 0.240. The van der Waals surface area contributed by atoms with E-state index in [0.717, 1.165) is 18.2 Å². The van der Waals surface area contributed by atoms with Crippen LogP contribution in [-0.2, 0) is 0 Å². The van der Waals surface area contributed by atoms with Crippen molar-refractivity contribution in [2.45, 2.75) is 39.2 Å². The number of nitrogens with one attached hydrogen (secondary N) is 1. The number of aliphatic hydroxyl groups is 1. The van der Waals surface area contributed by atoms with E-state index >= 15 is 0 Å². The molecule has 3 aromatic rings. The van der Waals surface area contributed by atoms with Crippen LogP contribution in [0.3, 0.4) is 0 Å². The number of hydrogen-bond acceptors (Lipinski definition) is 6. The van der Waals surface area contributed by atoms with Crippen molar-refractivity contribution in [3.8, 4) is 17.0 Å². The molecule has 3 rings (SSSR count). The molecule has 1 aromatic carbocycles. The molecule has 1 atom stereocenters. The van der Waals surface area contributed by atoms with E-state index in [9.17, 15) is 27.5 Å². The van der Waals surface area contributed by atoms with Gasteiger partial charge >= 0.3 is 6.36 Å². The first-order chi connectivity index (χ1) is 16.4. The van der Waals surface area contributed by atoms with Crippen LogP contribution in [0.2, 0.25) is 0 Å². The van der Waals surface area contributed by atoms with Gasteiger partial charge in [0.25, 0.3) is 0 Å². The molecule has 0 bridgehead atoms. The first kappa shape index (κ1) is 25.8. The Bertz CT molecular complexity index is 1240. The van der Waals surface area contributed by atoms with E-state index in [4.69, 9.17) is 0 Å². The summed E-state index contributed by atoms with van der Waals surface area (Å²) in [6.07, 6.45) is -0.911. The number of benzene rings is 1. The normalized spacial score (nSPS) is 12.2. The predicted molar refractivity (Wildman–Crippen MR) is 124 cm³/mol. The molecule has 0 aliphatic rings. The third kappa shape index (κ3) is 6.86. The van der Waals surface area contributed by atoms with E-state index in [2.05, 4.69) is 26.6 Å². The lowest BCUT2D eigenvalue weighted by molar-refractivity contribution is -0.274. The maximum atomic E-state index is 14.5. The summed E-state index contributed by atoms with van der Waals surface area (Å²) < 4.78 is 56.3. The summed E-state index contributed by atoms with van der Waals surface area (Å²) in [5, 5.41) is 12.6. The summed E-state index contributed by atoms with van der Waals surface area (Å²) in [7, 11) is 0. The first-order valence-corrected chi connectivity index (χ1v) is 10.6. The van der Waals surface area contributed by atoms with Crippen LogP contribution in [0.15, 0.2) is 55.5 Å². The van der Waals surface area contributed by atoms with E-state index in [1.807, 2.05) is 0 Å². The number of hydrogen-bond donors (Lipinski definition) is 2. The molecule has 10 heteroatoms. The molecule has 0 aliphatic heterocycles. The van der Waals surface area contributed by atoms with Gasteiger partial charge in [-0.1, -0.05) is 6.58 Å². The number of carbonyl (C=O) groups is 1. The van der Waals surface area contributed by atoms with Gasteiger partial charge in [0.1, 0.15) is 11.6 Å². The zero-order valence-corrected chi connectivity index (χ0v) is 19.0. The third-order valence-corrected chi connectivity index (χ3v) is 4.99. The second-order valence-electron chi connectivity index (χ2n) is 7.94. The molecule has 0 aliphatic carbocycles. The summed E-state index contributed by atoms with van der Waals surface area (Å²) in [5.74, 6) is -1.62. The summed E-state index contributed by atoms with van der Waals surface area (Å²) >= 11 is 0. The quantitative estimate of drug-likeness (QED) is 0.271. The highest BCUT2D eigenvalue weighted by atomic mass is 19.4. The van der Waals surface area contributed by atoms with Crippen LogP contribution in [0.5, 0.6) is 5.75 Å². The van der Waals surface area contributed by atoms with Crippen LogP contribution in [0.25, 0.3) is 16.8 Å². The van der Waals surface area contributed by atoms with Crippen molar-refractivity contribution in [3.63, 3.8) is 0 Å². The highest BCUT2D eigenvalue weighted by Crippen LogP contribution is 2.34. The van der Waals surface area contributed by atoms with Gasteiger partial charge in [0.2, 0.25) is 0 Å². The van der Waals surface area contributed by atoms with Crippen molar-refractivity contribution >= 4 is 22.7 Å². The molecule has 0 amide bonds. The van der Waals surface area contributed by atoms with Gasteiger partial charge in [-0.05, 0) is 56.2 Å². The molecule has 0 spiro atoms. The highest BCUT2D eigenvalue weighted by molar-refractivity contribution is 6.01. The average Bonchev–Trinajstić information content (AvgIpc) is 2.78. The number of rotatable bonds is 9. The number of halogens is 4. The molecule has 2 aromatic heterocycles. The molecule has 0 saturated heterocycles. The molecular formula is C25H23F4N3O3. The Labute approximate surface area is 199 Å². The Morgan fingerprint density at radius 1 is 1.17 bits per heavy atom. The Kier molecular flexibility index (Phi) is 7.85. The lowest BCUT2D eigenvalue weighted by atomic mass is 10.0. The van der Waals surface area contributed by atoms with E-state index in [1.165, 1.54) is 24.7 Å². The van der Waals surface area contributed by atoms with Gasteiger partial charge in [-0.3, -0.25) is 14.8 Å². The second-order valence-corrected chi connectivity index (χ2v) is 7.94. The van der Waals surface area contributed by atoms with Gasteiger partial charge in [0.05, 0.1) is 23.0 Å². The van der Waals surface area contributed by atoms with E-state index in [-0.39, 0.29) is 35.4 Å². The molecule has 0 saturated carbocycles. The van der Waals surface area contributed by atoms with Gasteiger partial charge in [0.15, 0.2) is 5.78 Å². The van der Waals surface area contributed by atoms with Crippen LogP contribution in [0.4, 0.5) is 28.9 Å². The summed E-state index contributed by atoms with van der Waals surface area (Å²) in [6.45, 7) is 7.21. The van der Waals surface area contributed by atoms with Crippen molar-refractivity contribution in [3.05, 3.63) is 72.4 Å². The lowest BCUT2D eigenvalue weighted by Crippen LogP contribution is -2.17. The molecule has 2 N–H and O–H groups in total. The smallest absolute Gasteiger partial charge is 0.406 e. The van der Waals surface area contributed by atoms with Crippen LogP contribution in [-0.4, -0.2) is 33.3 Å². The van der Waals surface area contributed by atoms with Crippen molar-refractivity contribution in [1.29, 1.82) is 0 Å². The standard InChI is InChI=1S/C25H23F4N3O3/c1-14(2)18-13-31-22(17-10-16(5-6-20(17)26)35-25(27,28)29)11-23(18)32-21-8-9-30-12-19(21)24(34)7-4-15(3)33/h5-6,8-13,15,33H,1,4,7H2,2-3H3,(H,30,31,32)/t15-/m0/s1. The highest BCUT2D eigenvalue weighted by Gasteiger charge is 2.31. The maximum absolute atomic E-state index is 14.5. The molecule has 0 fully saturated rings. The maximum Gasteiger partial charge on any atom is 0.573 e. The molecule has 184 valence electrons. The van der Waals surface area contributed by atoms with Gasteiger partial charge < -0.3 is 15.2 Å². The first-order valence-electron chi connectivity index (χ1n) is 10.6. The van der Waals surface area contributed by atoms with Gasteiger partial charge in [0, 0.05) is 41.8 Å². The molecule has 0 radical (unpaired) electrons. The zero-order chi connectivity index (χ0) is 25.8. The molecule has 35 heavy (non-hydrogen) atoms. The van der Waals surface area contributed by atoms with Crippen LogP contribution >= 0.6 is 0 Å². The van der Waals surface area contributed by atoms with E-state index < -0.39 is 24.0 Å². The number of aliphatic hydroxyl groups excluding tert-OH is 1. The Morgan fingerprint density at radius 2 is 1.91 bits per heavy atom. The Hall–Kier alpha value is -3.79. The Balaban J connectivity index is 2.02. The number of Topliss-reactive ketones (excluding diaryl/α,β-unsaturated/α-hetero) is 1. The Morgan fingerprint density at radius 3 is 2.57 bits per heavy atom. The lowest BCUT2D eigenvalue weighted by Gasteiger charge is -2.16. The third-order valence-electron chi connectivity index (χ3n) is 4.99. The minimum Gasteiger partial charge on any atom is -0.406 e. The number of ether oxygens (including phenoxy) is 1. The zero-order valence-electron chi connectivity index (χ0n) is 19.0. The summed E-state index contributed by atoms with van der Waals surface area (Å²) in [6, 6.07) is 5.67. The minimum atomic E-state index is -4.93. The van der Waals surface area contributed by atoms with Gasteiger partial charge in [-0.15, -0.1) is 13.2 Å². The number of ketones is 1.